The molecule has 1 amide bonds. The molecule has 1 heterocycles. The minimum absolute atomic E-state index is 0.0249. The lowest BCUT2D eigenvalue weighted by Crippen LogP contribution is -2.41. The molecule has 1 unspecified atom stereocenters. The third-order valence-corrected chi connectivity index (χ3v) is 6.50. The number of anilines is 1. The van der Waals surface area contributed by atoms with Crippen molar-refractivity contribution in [2.45, 2.75) is 45.4 Å². The maximum atomic E-state index is 13.3. The first-order chi connectivity index (χ1) is 13.4. The Balaban J connectivity index is 1.94. The topological polar surface area (TPSA) is 37.4 Å². The summed E-state index contributed by atoms with van der Waals surface area (Å²) in [5, 5.41) is 0.992. The van der Waals surface area contributed by atoms with E-state index < -0.39 is 5.92 Å². The minimum atomic E-state index is -0.391. The van der Waals surface area contributed by atoms with Crippen LogP contribution >= 0.6 is 23.2 Å². The van der Waals surface area contributed by atoms with E-state index in [2.05, 4.69) is 0 Å². The Hall–Kier alpha value is -2.10. The monoisotopic (exact) mass is 413 g/mol. The van der Waals surface area contributed by atoms with Gasteiger partial charge in [-0.3, -0.25) is 14.5 Å². The van der Waals surface area contributed by atoms with Gasteiger partial charge in [0.25, 0.3) is 0 Å². The Morgan fingerprint density at radius 1 is 0.964 bits per heavy atom. The van der Waals surface area contributed by atoms with Gasteiger partial charge in [0.05, 0.1) is 5.69 Å². The van der Waals surface area contributed by atoms with Crippen LogP contribution in [0.5, 0.6) is 0 Å². The second-order valence-electron chi connectivity index (χ2n) is 7.48. The quantitative estimate of drug-likeness (QED) is 0.592. The molecule has 0 radical (unpaired) electrons. The van der Waals surface area contributed by atoms with Crippen LogP contribution in [0.25, 0.3) is 0 Å². The summed E-state index contributed by atoms with van der Waals surface area (Å²) < 4.78 is 0. The molecule has 0 fully saturated rings. The summed E-state index contributed by atoms with van der Waals surface area (Å²) in [5.41, 5.74) is 5.21. The third-order valence-electron chi connectivity index (χ3n) is 5.84. The van der Waals surface area contributed by atoms with Gasteiger partial charge in [0, 0.05) is 40.1 Å². The first-order valence-electron chi connectivity index (χ1n) is 9.49. The molecule has 0 aromatic heterocycles. The maximum Gasteiger partial charge on any atom is 0.232 e. The molecule has 144 valence electrons. The molecule has 2 aliphatic rings. The summed E-state index contributed by atoms with van der Waals surface area (Å²) in [4.78, 5) is 28.1. The van der Waals surface area contributed by atoms with Gasteiger partial charge in [-0.15, -0.1) is 0 Å². The third kappa shape index (κ3) is 3.07. The van der Waals surface area contributed by atoms with Crippen molar-refractivity contribution in [2.75, 3.05) is 4.90 Å². The van der Waals surface area contributed by atoms with Crippen LogP contribution in [0.1, 0.15) is 48.3 Å². The van der Waals surface area contributed by atoms with Gasteiger partial charge in [-0.1, -0.05) is 41.4 Å². The number of hydrogen-bond acceptors (Lipinski definition) is 2. The highest BCUT2D eigenvalue weighted by atomic mass is 35.5. The van der Waals surface area contributed by atoms with Gasteiger partial charge in [-0.25, -0.2) is 0 Å². The van der Waals surface area contributed by atoms with Crippen molar-refractivity contribution in [3.63, 3.8) is 0 Å². The van der Waals surface area contributed by atoms with E-state index in [4.69, 9.17) is 23.2 Å². The van der Waals surface area contributed by atoms with Crippen LogP contribution in [-0.4, -0.2) is 11.7 Å². The number of carbonyl (C=O) groups is 2. The molecule has 0 saturated carbocycles. The predicted octanol–water partition coefficient (Wildman–Crippen LogP) is 6.14. The van der Waals surface area contributed by atoms with Crippen LogP contribution in [0.2, 0.25) is 10.0 Å². The number of ketones is 1. The second kappa shape index (κ2) is 7.38. The molecule has 1 aliphatic carbocycles. The van der Waals surface area contributed by atoms with Crippen molar-refractivity contribution in [3.05, 3.63) is 74.4 Å². The number of carbonyl (C=O) groups excluding carboxylic acids is 2. The second-order valence-corrected chi connectivity index (χ2v) is 8.29. The van der Waals surface area contributed by atoms with Crippen molar-refractivity contribution < 1.29 is 9.59 Å². The molecular formula is C23H21Cl2NO2. The van der Waals surface area contributed by atoms with Crippen LogP contribution in [0.3, 0.4) is 0 Å². The number of benzene rings is 2. The zero-order valence-corrected chi connectivity index (χ0v) is 17.4. The molecule has 0 N–H and O–H groups in total. The van der Waals surface area contributed by atoms with E-state index in [1.165, 1.54) is 0 Å². The molecule has 1 aliphatic heterocycles. The number of Topliss-reactive ketones (excluding diaryl/α,β-unsaturated/α-hetero) is 1. The van der Waals surface area contributed by atoms with Crippen LogP contribution in [0, 0.1) is 13.8 Å². The van der Waals surface area contributed by atoms with Gasteiger partial charge < -0.3 is 0 Å². The Bertz CT molecular complexity index is 1010. The summed E-state index contributed by atoms with van der Waals surface area (Å²) >= 11 is 12.9. The zero-order chi connectivity index (χ0) is 20.0. The summed E-state index contributed by atoms with van der Waals surface area (Å²) in [6.07, 6.45) is 2.11. The molecule has 0 bridgehead atoms. The van der Waals surface area contributed by atoms with E-state index in [1.54, 1.807) is 23.1 Å². The molecule has 0 saturated heterocycles. The molecule has 2 aromatic rings. The fourth-order valence-corrected chi connectivity index (χ4v) is 5.00. The number of aryl methyl sites for hydroxylation is 1. The van der Waals surface area contributed by atoms with Crippen molar-refractivity contribution >= 4 is 40.6 Å². The number of halogens is 2. The lowest BCUT2D eigenvalue weighted by molar-refractivity contribution is -0.119. The predicted molar refractivity (Wildman–Crippen MR) is 113 cm³/mol. The smallest absolute Gasteiger partial charge is 0.232 e. The van der Waals surface area contributed by atoms with Gasteiger partial charge in [0.15, 0.2) is 5.78 Å². The minimum Gasteiger partial charge on any atom is -0.294 e. The number of amides is 1. The summed E-state index contributed by atoms with van der Waals surface area (Å²) in [6, 6.07) is 11.2. The van der Waals surface area contributed by atoms with E-state index in [1.807, 2.05) is 32.0 Å². The molecule has 0 spiro atoms. The number of hydrogen-bond donors (Lipinski definition) is 0. The Morgan fingerprint density at radius 3 is 2.36 bits per heavy atom. The lowest BCUT2D eigenvalue weighted by Gasteiger charge is -2.39. The van der Waals surface area contributed by atoms with E-state index >= 15 is 0 Å². The summed E-state index contributed by atoms with van der Waals surface area (Å²) in [6.45, 7) is 4.04. The highest BCUT2D eigenvalue weighted by Crippen LogP contribution is 2.47. The van der Waals surface area contributed by atoms with E-state index in [-0.39, 0.29) is 18.1 Å². The molecule has 4 rings (SSSR count). The number of nitrogens with zero attached hydrogens (tertiary/aromatic N) is 1. The van der Waals surface area contributed by atoms with E-state index in [0.717, 1.165) is 28.9 Å². The van der Waals surface area contributed by atoms with Crippen LogP contribution in [-0.2, 0) is 9.59 Å². The fourth-order valence-electron chi connectivity index (χ4n) is 4.34. The van der Waals surface area contributed by atoms with Crippen molar-refractivity contribution in [1.82, 2.24) is 0 Å². The Kier molecular flexibility index (Phi) is 5.07. The van der Waals surface area contributed by atoms with Crippen LogP contribution in [0.15, 0.2) is 47.7 Å². The number of rotatable bonds is 2. The van der Waals surface area contributed by atoms with Gasteiger partial charge in [-0.05, 0) is 61.6 Å². The molecule has 1 atom stereocenters. The number of allylic oxidation sites excluding steroid dienone is 2. The van der Waals surface area contributed by atoms with Crippen LogP contribution < -0.4 is 4.90 Å². The van der Waals surface area contributed by atoms with Gasteiger partial charge in [0.2, 0.25) is 5.91 Å². The Labute approximate surface area is 174 Å². The summed E-state index contributed by atoms with van der Waals surface area (Å²) in [5.74, 6) is -0.328. The largest absolute Gasteiger partial charge is 0.294 e. The van der Waals surface area contributed by atoms with Crippen molar-refractivity contribution in [1.29, 1.82) is 0 Å². The summed E-state index contributed by atoms with van der Waals surface area (Å²) in [7, 11) is 0. The Morgan fingerprint density at radius 2 is 1.64 bits per heavy atom. The van der Waals surface area contributed by atoms with Crippen LogP contribution in [0.4, 0.5) is 5.69 Å². The average Bonchev–Trinajstić information content (AvgIpc) is 2.64. The van der Waals surface area contributed by atoms with E-state index in [0.29, 0.717) is 34.0 Å². The molecule has 5 heteroatoms. The molecule has 3 nitrogen and oxygen atoms in total. The highest BCUT2D eigenvalue weighted by molar-refractivity contribution is 6.36. The normalized spacial score (nSPS) is 19.9. The average molecular weight is 414 g/mol. The fraction of sp³-hybridized carbons (Fsp3) is 0.304. The first-order valence-corrected chi connectivity index (χ1v) is 10.2. The zero-order valence-electron chi connectivity index (χ0n) is 15.9. The first kappa shape index (κ1) is 19.2. The highest BCUT2D eigenvalue weighted by Gasteiger charge is 2.41. The lowest BCUT2D eigenvalue weighted by atomic mass is 9.77. The van der Waals surface area contributed by atoms with E-state index in [9.17, 15) is 9.59 Å². The maximum absolute atomic E-state index is 13.3. The van der Waals surface area contributed by atoms with Gasteiger partial charge >= 0.3 is 0 Å². The molecule has 2 aromatic carbocycles. The molecule has 28 heavy (non-hydrogen) atoms. The van der Waals surface area contributed by atoms with Gasteiger partial charge in [0.1, 0.15) is 0 Å². The SMILES string of the molecule is Cc1cccc(N2C(=O)CC(c3c(Cl)cccc3Cl)C3=C2CCCC3=O)c1C. The van der Waals surface area contributed by atoms with Crippen molar-refractivity contribution in [3.8, 4) is 0 Å². The molecular weight excluding hydrogens is 393 g/mol. The standard InChI is InChI=1S/C23H21Cl2NO2/c1-13-6-3-9-18(14(13)2)26-19-10-5-11-20(27)23(19)15(12-21(26)28)22-16(24)7-4-8-17(22)25/h3-4,6-9,15H,5,10-12H2,1-2H3. The van der Waals surface area contributed by atoms with Gasteiger partial charge in [-0.2, -0.15) is 0 Å². The van der Waals surface area contributed by atoms with Crippen molar-refractivity contribution in [2.24, 2.45) is 0 Å².